The molecule has 0 N–H and O–H groups in total. The van der Waals surface area contributed by atoms with Crippen LogP contribution in [-0.4, -0.2) is 66.0 Å². The Balaban J connectivity index is 1.61. The summed E-state index contributed by atoms with van der Waals surface area (Å²) < 4.78 is 0. The zero-order valence-corrected chi connectivity index (χ0v) is 16.8. The number of pyridine rings is 1. The summed E-state index contributed by atoms with van der Waals surface area (Å²) in [6, 6.07) is 9.48. The van der Waals surface area contributed by atoms with Crippen LogP contribution in [0.25, 0.3) is 32.0 Å². The standard InChI is InChI=1S/C20H23N9O/c1-15-10-18(12-23-11-15)16-2-4-17(5-3-16)20(30)29-8-6-28(7-9-29)19(13-24-26-21)14-25-27-22/h2-5,10-12,19H,6-9,13-14H2,1H3. The highest BCUT2D eigenvalue weighted by Gasteiger charge is 2.26. The van der Waals surface area contributed by atoms with Crippen LogP contribution in [0.4, 0.5) is 0 Å². The van der Waals surface area contributed by atoms with Crippen molar-refractivity contribution >= 4 is 5.91 Å². The van der Waals surface area contributed by atoms with E-state index in [1.54, 1.807) is 0 Å². The van der Waals surface area contributed by atoms with Crippen LogP contribution in [0.3, 0.4) is 0 Å². The molecule has 0 unspecified atom stereocenters. The smallest absolute Gasteiger partial charge is 0.253 e. The molecule has 0 bridgehead atoms. The number of carbonyl (C=O) groups is 1. The van der Waals surface area contributed by atoms with Gasteiger partial charge in [-0.05, 0) is 47.3 Å². The van der Waals surface area contributed by atoms with Gasteiger partial charge in [-0.3, -0.25) is 14.7 Å². The first-order valence-corrected chi connectivity index (χ1v) is 9.69. The fraction of sp³-hybridized carbons (Fsp3) is 0.400. The van der Waals surface area contributed by atoms with Gasteiger partial charge in [0, 0.05) is 78.7 Å². The lowest BCUT2D eigenvalue weighted by Gasteiger charge is -2.38. The summed E-state index contributed by atoms with van der Waals surface area (Å²) in [7, 11) is 0. The van der Waals surface area contributed by atoms with E-state index in [0.29, 0.717) is 31.7 Å². The molecule has 1 aromatic heterocycles. The van der Waals surface area contributed by atoms with Crippen molar-refractivity contribution in [2.45, 2.75) is 13.0 Å². The maximum Gasteiger partial charge on any atom is 0.253 e. The van der Waals surface area contributed by atoms with Crippen molar-refractivity contribution < 1.29 is 4.79 Å². The molecule has 0 spiro atoms. The molecule has 1 aliphatic rings. The first-order chi connectivity index (χ1) is 14.6. The molecule has 10 nitrogen and oxygen atoms in total. The minimum absolute atomic E-state index is 0.00907. The van der Waals surface area contributed by atoms with E-state index in [-0.39, 0.29) is 25.0 Å². The van der Waals surface area contributed by atoms with Gasteiger partial charge in [-0.2, -0.15) is 0 Å². The van der Waals surface area contributed by atoms with Gasteiger partial charge in [0.2, 0.25) is 0 Å². The Bertz CT molecular complexity index is 950. The predicted molar refractivity (Wildman–Crippen MR) is 114 cm³/mol. The normalized spacial score (nSPS) is 15.0. The molecule has 2 aromatic rings. The van der Waals surface area contributed by atoms with E-state index in [4.69, 9.17) is 11.1 Å². The molecule has 0 radical (unpaired) electrons. The monoisotopic (exact) mass is 405 g/mol. The maximum absolute atomic E-state index is 12.9. The Labute approximate surface area is 174 Å². The number of hydrogen-bond acceptors (Lipinski definition) is 5. The quantitative estimate of drug-likeness (QED) is 0.394. The lowest BCUT2D eigenvalue weighted by molar-refractivity contribution is 0.0582. The molecular formula is C20H23N9O. The van der Waals surface area contributed by atoms with E-state index in [1.165, 1.54) is 0 Å². The van der Waals surface area contributed by atoms with Crippen molar-refractivity contribution in [2.75, 3.05) is 39.3 Å². The number of benzene rings is 1. The predicted octanol–water partition coefficient (Wildman–Crippen LogP) is 3.80. The zero-order chi connectivity index (χ0) is 21.3. The molecule has 2 heterocycles. The van der Waals surface area contributed by atoms with E-state index in [1.807, 2.05) is 48.5 Å². The third-order valence-electron chi connectivity index (χ3n) is 5.17. The first kappa shape index (κ1) is 21.1. The largest absolute Gasteiger partial charge is 0.336 e. The summed E-state index contributed by atoms with van der Waals surface area (Å²) in [6.07, 6.45) is 3.62. The van der Waals surface area contributed by atoms with Crippen LogP contribution in [0, 0.1) is 6.92 Å². The number of amides is 1. The molecule has 0 aliphatic carbocycles. The number of rotatable bonds is 7. The Hall–Kier alpha value is -3.58. The number of aryl methyl sites for hydroxylation is 1. The Morgan fingerprint density at radius 2 is 1.67 bits per heavy atom. The van der Waals surface area contributed by atoms with Gasteiger partial charge in [0.1, 0.15) is 0 Å². The van der Waals surface area contributed by atoms with Gasteiger partial charge in [-0.25, -0.2) is 0 Å². The molecule has 1 saturated heterocycles. The Morgan fingerprint density at radius 3 is 2.23 bits per heavy atom. The molecule has 10 heteroatoms. The number of aromatic nitrogens is 1. The van der Waals surface area contributed by atoms with Crippen LogP contribution in [0.1, 0.15) is 15.9 Å². The SMILES string of the molecule is Cc1cncc(-c2ccc(C(=O)N3CCN(C(CN=[N+]=[N-])CN=[N+]=[N-])CC3)cc2)c1. The average Bonchev–Trinajstić information content (AvgIpc) is 2.79. The number of nitrogens with zero attached hydrogens (tertiary/aromatic N) is 9. The van der Waals surface area contributed by atoms with Crippen molar-refractivity contribution in [2.24, 2.45) is 10.2 Å². The lowest BCUT2D eigenvalue weighted by Crippen LogP contribution is -2.53. The summed E-state index contributed by atoms with van der Waals surface area (Å²) in [5, 5.41) is 7.22. The highest BCUT2D eigenvalue weighted by molar-refractivity contribution is 5.94. The molecule has 3 rings (SSSR count). The summed E-state index contributed by atoms with van der Waals surface area (Å²) in [5.41, 5.74) is 20.9. The third-order valence-corrected chi connectivity index (χ3v) is 5.17. The molecular weight excluding hydrogens is 382 g/mol. The zero-order valence-electron chi connectivity index (χ0n) is 16.8. The molecule has 154 valence electrons. The van der Waals surface area contributed by atoms with E-state index in [2.05, 4.69) is 36.0 Å². The summed E-state index contributed by atoms with van der Waals surface area (Å²) in [6.45, 7) is 4.85. The number of carbonyl (C=O) groups excluding carboxylic acids is 1. The molecule has 0 atom stereocenters. The van der Waals surface area contributed by atoms with Crippen molar-refractivity contribution in [3.63, 3.8) is 0 Å². The van der Waals surface area contributed by atoms with Gasteiger partial charge in [0.15, 0.2) is 0 Å². The highest BCUT2D eigenvalue weighted by atomic mass is 16.2. The van der Waals surface area contributed by atoms with Crippen molar-refractivity contribution in [1.82, 2.24) is 14.8 Å². The van der Waals surface area contributed by atoms with Gasteiger partial charge in [-0.1, -0.05) is 22.4 Å². The van der Waals surface area contributed by atoms with Crippen molar-refractivity contribution in [3.05, 3.63) is 74.7 Å². The molecule has 1 aromatic carbocycles. The molecule has 30 heavy (non-hydrogen) atoms. The van der Waals surface area contributed by atoms with Gasteiger partial charge in [0.25, 0.3) is 5.91 Å². The van der Waals surface area contributed by atoms with E-state index >= 15 is 0 Å². The fourth-order valence-electron chi connectivity index (χ4n) is 3.54. The highest BCUT2D eigenvalue weighted by Crippen LogP contribution is 2.21. The van der Waals surface area contributed by atoms with Crippen LogP contribution >= 0.6 is 0 Å². The van der Waals surface area contributed by atoms with Crippen molar-refractivity contribution in [3.8, 4) is 11.1 Å². The van der Waals surface area contributed by atoms with E-state index < -0.39 is 0 Å². The second kappa shape index (κ2) is 10.3. The summed E-state index contributed by atoms with van der Waals surface area (Å²) in [4.78, 5) is 26.6. The summed E-state index contributed by atoms with van der Waals surface area (Å²) >= 11 is 0. The average molecular weight is 405 g/mol. The molecule has 0 saturated carbocycles. The van der Waals surface area contributed by atoms with Crippen molar-refractivity contribution in [1.29, 1.82) is 0 Å². The van der Waals surface area contributed by atoms with Crippen LogP contribution in [-0.2, 0) is 0 Å². The Morgan fingerprint density at radius 1 is 1.03 bits per heavy atom. The van der Waals surface area contributed by atoms with Crippen LogP contribution in [0.5, 0.6) is 0 Å². The Kier molecular flexibility index (Phi) is 7.24. The summed E-state index contributed by atoms with van der Waals surface area (Å²) in [5.74, 6) is -0.00907. The van der Waals surface area contributed by atoms with Gasteiger partial charge in [0.05, 0.1) is 0 Å². The number of azide groups is 2. The van der Waals surface area contributed by atoms with E-state index in [9.17, 15) is 4.79 Å². The number of hydrogen-bond donors (Lipinski definition) is 0. The lowest BCUT2D eigenvalue weighted by atomic mass is 10.0. The minimum atomic E-state index is -0.156. The second-order valence-corrected chi connectivity index (χ2v) is 7.14. The first-order valence-electron chi connectivity index (χ1n) is 9.69. The minimum Gasteiger partial charge on any atom is -0.336 e. The van der Waals surface area contributed by atoms with Crippen LogP contribution in [0.15, 0.2) is 53.0 Å². The van der Waals surface area contributed by atoms with E-state index in [0.717, 1.165) is 16.7 Å². The maximum atomic E-state index is 12.9. The topological polar surface area (TPSA) is 134 Å². The third kappa shape index (κ3) is 5.27. The second-order valence-electron chi connectivity index (χ2n) is 7.14. The van der Waals surface area contributed by atoms with Gasteiger partial charge in [-0.15, -0.1) is 0 Å². The molecule has 1 fully saturated rings. The van der Waals surface area contributed by atoms with Gasteiger partial charge >= 0.3 is 0 Å². The van der Waals surface area contributed by atoms with Gasteiger partial charge < -0.3 is 4.90 Å². The van der Waals surface area contributed by atoms with Crippen LogP contribution in [0.2, 0.25) is 0 Å². The molecule has 1 amide bonds. The number of piperazine rings is 1. The molecule has 1 aliphatic heterocycles. The fourth-order valence-corrected chi connectivity index (χ4v) is 3.54. The van der Waals surface area contributed by atoms with Crippen LogP contribution < -0.4 is 0 Å².